The average Bonchev–Trinajstić information content (AvgIpc) is 2.40. The molecule has 112 valence electrons. The van der Waals surface area contributed by atoms with Crippen LogP contribution in [0.2, 0.25) is 0 Å². The van der Waals surface area contributed by atoms with Crippen molar-refractivity contribution in [1.82, 2.24) is 4.90 Å². The predicted molar refractivity (Wildman–Crippen MR) is 70.7 cm³/mol. The van der Waals surface area contributed by atoms with Crippen molar-refractivity contribution in [3.8, 4) is 5.75 Å². The summed E-state index contributed by atoms with van der Waals surface area (Å²) in [6, 6.07) is 6.57. The number of carbonyl (C=O) groups is 1. The number of rotatable bonds is 8. The molecule has 0 aliphatic heterocycles. The average molecular weight is 287 g/mol. The molecule has 0 amide bonds. The largest absolute Gasteiger partial charge is 0.468 e. The number of hydrogen-bond donors (Lipinski definition) is 0. The molecule has 0 aliphatic carbocycles. The van der Waals surface area contributed by atoms with E-state index >= 15 is 0 Å². The van der Waals surface area contributed by atoms with Gasteiger partial charge in [-0.3, -0.25) is 9.69 Å². The highest BCUT2D eigenvalue weighted by atomic mass is 19.3. The second-order valence-corrected chi connectivity index (χ2v) is 4.27. The standard InChI is InChI=1S/C14H19F2NO3/c1-3-8-17(10-13(18)19-2)9-11-6-4-5-7-12(11)20-14(15)16/h4-7,14H,3,8-10H2,1-2H3. The summed E-state index contributed by atoms with van der Waals surface area (Å²) in [5.41, 5.74) is 0.616. The van der Waals surface area contributed by atoms with Gasteiger partial charge in [-0.05, 0) is 19.0 Å². The van der Waals surface area contributed by atoms with Crippen LogP contribution in [-0.2, 0) is 16.1 Å². The molecule has 0 radical (unpaired) electrons. The van der Waals surface area contributed by atoms with Crippen LogP contribution < -0.4 is 4.74 Å². The smallest absolute Gasteiger partial charge is 0.387 e. The van der Waals surface area contributed by atoms with Gasteiger partial charge in [-0.1, -0.05) is 25.1 Å². The van der Waals surface area contributed by atoms with Crippen molar-refractivity contribution >= 4 is 5.97 Å². The lowest BCUT2D eigenvalue weighted by atomic mass is 10.2. The molecule has 0 N–H and O–H groups in total. The van der Waals surface area contributed by atoms with Crippen molar-refractivity contribution < 1.29 is 23.0 Å². The van der Waals surface area contributed by atoms with Gasteiger partial charge in [-0.25, -0.2) is 0 Å². The Morgan fingerprint density at radius 3 is 2.65 bits per heavy atom. The number of halogens is 2. The van der Waals surface area contributed by atoms with E-state index in [1.807, 2.05) is 11.8 Å². The minimum absolute atomic E-state index is 0.118. The Labute approximate surface area is 117 Å². The van der Waals surface area contributed by atoms with Gasteiger partial charge in [0.15, 0.2) is 0 Å². The number of nitrogens with zero attached hydrogens (tertiary/aromatic N) is 1. The van der Waals surface area contributed by atoms with E-state index in [4.69, 9.17) is 0 Å². The lowest BCUT2D eigenvalue weighted by molar-refractivity contribution is -0.142. The lowest BCUT2D eigenvalue weighted by Crippen LogP contribution is -2.31. The third kappa shape index (κ3) is 5.52. The number of methoxy groups -OCH3 is 1. The van der Waals surface area contributed by atoms with Crippen LogP contribution in [0.3, 0.4) is 0 Å². The molecule has 1 aromatic carbocycles. The van der Waals surface area contributed by atoms with Gasteiger partial charge in [0.05, 0.1) is 13.7 Å². The van der Waals surface area contributed by atoms with Gasteiger partial charge in [-0.15, -0.1) is 0 Å². The second kappa shape index (κ2) is 8.47. The second-order valence-electron chi connectivity index (χ2n) is 4.27. The van der Waals surface area contributed by atoms with Gasteiger partial charge in [0.2, 0.25) is 0 Å². The quantitative estimate of drug-likeness (QED) is 0.689. The first-order valence-corrected chi connectivity index (χ1v) is 6.38. The molecule has 4 nitrogen and oxygen atoms in total. The van der Waals surface area contributed by atoms with Crippen molar-refractivity contribution in [2.75, 3.05) is 20.2 Å². The van der Waals surface area contributed by atoms with E-state index in [-0.39, 0.29) is 18.3 Å². The number of benzene rings is 1. The maximum atomic E-state index is 12.3. The Morgan fingerprint density at radius 2 is 2.05 bits per heavy atom. The van der Waals surface area contributed by atoms with Crippen molar-refractivity contribution in [2.45, 2.75) is 26.5 Å². The molecule has 0 aromatic heterocycles. The van der Waals surface area contributed by atoms with Crippen molar-refractivity contribution in [3.63, 3.8) is 0 Å². The van der Waals surface area contributed by atoms with E-state index in [9.17, 15) is 13.6 Å². The highest BCUT2D eigenvalue weighted by Crippen LogP contribution is 2.21. The normalized spacial score (nSPS) is 10.9. The Morgan fingerprint density at radius 1 is 1.35 bits per heavy atom. The third-order valence-corrected chi connectivity index (χ3v) is 2.70. The van der Waals surface area contributed by atoms with E-state index in [1.165, 1.54) is 13.2 Å². The summed E-state index contributed by atoms with van der Waals surface area (Å²) in [7, 11) is 1.32. The number of carbonyl (C=O) groups excluding carboxylic acids is 1. The molecule has 0 heterocycles. The topological polar surface area (TPSA) is 38.8 Å². The summed E-state index contributed by atoms with van der Waals surface area (Å²) in [4.78, 5) is 13.2. The molecular weight excluding hydrogens is 268 g/mol. The number of alkyl halides is 2. The fraction of sp³-hybridized carbons (Fsp3) is 0.500. The molecule has 20 heavy (non-hydrogen) atoms. The molecule has 0 bridgehead atoms. The molecule has 0 fully saturated rings. The minimum atomic E-state index is -2.86. The fourth-order valence-electron chi connectivity index (χ4n) is 1.86. The molecule has 0 aliphatic rings. The summed E-state index contributed by atoms with van der Waals surface area (Å²) < 4.78 is 33.8. The number of esters is 1. The van der Waals surface area contributed by atoms with Gasteiger partial charge >= 0.3 is 12.6 Å². The van der Waals surface area contributed by atoms with Crippen LogP contribution in [0.15, 0.2) is 24.3 Å². The zero-order valence-corrected chi connectivity index (χ0v) is 11.6. The molecule has 0 saturated carbocycles. The highest BCUT2D eigenvalue weighted by molar-refractivity contribution is 5.71. The van der Waals surface area contributed by atoms with Gasteiger partial charge in [0.1, 0.15) is 5.75 Å². The van der Waals surface area contributed by atoms with Crippen LogP contribution >= 0.6 is 0 Å². The Bertz CT molecular complexity index is 427. The molecule has 1 aromatic rings. The third-order valence-electron chi connectivity index (χ3n) is 2.70. The molecule has 1 rings (SSSR count). The summed E-state index contributed by atoms with van der Waals surface area (Å²) >= 11 is 0. The van der Waals surface area contributed by atoms with Gasteiger partial charge in [0, 0.05) is 12.1 Å². The summed E-state index contributed by atoms with van der Waals surface area (Å²) in [6.07, 6.45) is 0.842. The molecule has 6 heteroatoms. The Kier molecular flexibility index (Phi) is 6.93. The SMILES string of the molecule is CCCN(CC(=O)OC)Cc1ccccc1OC(F)F. The fourth-order valence-corrected chi connectivity index (χ4v) is 1.86. The maximum Gasteiger partial charge on any atom is 0.387 e. The van der Waals surface area contributed by atoms with Crippen LogP contribution in [0.4, 0.5) is 8.78 Å². The van der Waals surface area contributed by atoms with Crippen LogP contribution in [0.25, 0.3) is 0 Å². The predicted octanol–water partition coefficient (Wildman–Crippen LogP) is 2.67. The first-order valence-electron chi connectivity index (χ1n) is 6.38. The highest BCUT2D eigenvalue weighted by Gasteiger charge is 2.15. The van der Waals surface area contributed by atoms with E-state index in [1.54, 1.807) is 18.2 Å². The number of para-hydroxylation sites is 1. The number of ether oxygens (including phenoxy) is 2. The van der Waals surface area contributed by atoms with Crippen molar-refractivity contribution in [2.24, 2.45) is 0 Å². The van der Waals surface area contributed by atoms with Gasteiger partial charge in [0.25, 0.3) is 0 Å². The molecule has 0 unspecified atom stereocenters. The first kappa shape index (κ1) is 16.4. The van der Waals surface area contributed by atoms with Crippen LogP contribution in [0.5, 0.6) is 5.75 Å². The Hall–Kier alpha value is -1.69. The van der Waals surface area contributed by atoms with E-state index in [0.29, 0.717) is 18.7 Å². The van der Waals surface area contributed by atoms with Crippen molar-refractivity contribution in [1.29, 1.82) is 0 Å². The summed E-state index contributed by atoms with van der Waals surface area (Å²) in [6.45, 7) is 0.250. The van der Waals surface area contributed by atoms with Crippen LogP contribution in [0.1, 0.15) is 18.9 Å². The first-order chi connectivity index (χ1) is 9.56. The monoisotopic (exact) mass is 287 g/mol. The molecule has 0 atom stereocenters. The molecular formula is C14H19F2NO3. The van der Waals surface area contributed by atoms with Gasteiger partial charge in [-0.2, -0.15) is 8.78 Å². The zero-order chi connectivity index (χ0) is 15.0. The molecule has 0 spiro atoms. The molecule has 0 saturated heterocycles. The van der Waals surface area contributed by atoms with Crippen LogP contribution in [0, 0.1) is 0 Å². The summed E-state index contributed by atoms with van der Waals surface area (Å²) in [5.74, 6) is -0.223. The minimum Gasteiger partial charge on any atom is -0.468 e. The van der Waals surface area contributed by atoms with E-state index < -0.39 is 6.61 Å². The van der Waals surface area contributed by atoms with Crippen LogP contribution in [-0.4, -0.2) is 37.7 Å². The van der Waals surface area contributed by atoms with Gasteiger partial charge < -0.3 is 9.47 Å². The summed E-state index contributed by atoms with van der Waals surface area (Å²) in [5, 5.41) is 0. The van der Waals surface area contributed by atoms with E-state index in [0.717, 1.165) is 6.42 Å². The van der Waals surface area contributed by atoms with E-state index in [2.05, 4.69) is 9.47 Å². The number of hydrogen-bond acceptors (Lipinski definition) is 4. The lowest BCUT2D eigenvalue weighted by Gasteiger charge is -2.21. The Balaban J connectivity index is 2.79. The maximum absolute atomic E-state index is 12.3. The van der Waals surface area contributed by atoms with Crippen molar-refractivity contribution in [3.05, 3.63) is 29.8 Å². The zero-order valence-electron chi connectivity index (χ0n) is 11.6.